The van der Waals surface area contributed by atoms with E-state index < -0.39 is 0 Å². The van der Waals surface area contributed by atoms with Crippen LogP contribution in [0.25, 0.3) is 0 Å². The van der Waals surface area contributed by atoms with Crippen molar-refractivity contribution in [2.24, 2.45) is 5.73 Å². The van der Waals surface area contributed by atoms with Crippen molar-refractivity contribution in [3.05, 3.63) is 16.1 Å². The molecule has 94 valence electrons. The number of nitrogens with one attached hydrogen (secondary N) is 1. The van der Waals surface area contributed by atoms with Gasteiger partial charge < -0.3 is 16.0 Å². The fourth-order valence-electron chi connectivity index (χ4n) is 1.18. The van der Waals surface area contributed by atoms with Crippen molar-refractivity contribution in [2.45, 2.75) is 13.5 Å². The lowest BCUT2D eigenvalue weighted by Crippen LogP contribution is -2.39. The van der Waals surface area contributed by atoms with E-state index in [2.05, 4.69) is 10.3 Å². The number of nitrogens with two attached hydrogens (primary N) is 1. The van der Waals surface area contributed by atoms with Gasteiger partial charge in [-0.1, -0.05) is 0 Å². The number of thiazole rings is 1. The highest BCUT2D eigenvalue weighted by atomic mass is 32.1. The van der Waals surface area contributed by atoms with E-state index in [0.717, 1.165) is 9.88 Å². The van der Waals surface area contributed by atoms with Crippen LogP contribution in [0.5, 0.6) is 0 Å². The minimum absolute atomic E-state index is 0.0235. The first-order valence-electron chi connectivity index (χ1n) is 5.15. The van der Waals surface area contributed by atoms with Crippen molar-refractivity contribution < 1.29 is 9.59 Å². The summed E-state index contributed by atoms with van der Waals surface area (Å²) in [7, 11) is 1.69. The largest absolute Gasteiger partial charge is 0.346 e. The maximum Gasteiger partial charge on any atom is 0.242 e. The Kier molecular flexibility index (Phi) is 5.05. The molecule has 0 aliphatic heterocycles. The van der Waals surface area contributed by atoms with Crippen molar-refractivity contribution >= 4 is 23.2 Å². The quantitative estimate of drug-likeness (QED) is 0.742. The molecular formula is C10H16N4O2S. The second kappa shape index (κ2) is 6.31. The zero-order chi connectivity index (χ0) is 12.8. The van der Waals surface area contributed by atoms with Crippen molar-refractivity contribution in [3.63, 3.8) is 0 Å². The van der Waals surface area contributed by atoms with Crippen LogP contribution < -0.4 is 11.1 Å². The standard InChI is InChI=1S/C10H16N4O2S/c1-7-12-4-8(17-7)6-14(2)10(16)5-13-9(15)3-11/h4H,3,5-6,11H2,1-2H3,(H,13,15). The third-order valence-corrected chi connectivity index (χ3v) is 3.01. The van der Waals surface area contributed by atoms with Gasteiger partial charge in [-0.05, 0) is 6.92 Å². The maximum absolute atomic E-state index is 11.6. The van der Waals surface area contributed by atoms with Crippen LogP contribution in [0.1, 0.15) is 9.88 Å². The van der Waals surface area contributed by atoms with Crippen molar-refractivity contribution in [1.29, 1.82) is 0 Å². The van der Waals surface area contributed by atoms with Crippen LogP contribution >= 0.6 is 11.3 Å². The third-order valence-electron chi connectivity index (χ3n) is 2.11. The number of nitrogens with zero attached hydrogens (tertiary/aromatic N) is 2. The van der Waals surface area contributed by atoms with E-state index in [1.807, 2.05) is 6.92 Å². The molecular weight excluding hydrogens is 240 g/mol. The molecule has 3 N–H and O–H groups in total. The second-order valence-electron chi connectivity index (χ2n) is 3.58. The van der Waals surface area contributed by atoms with E-state index in [1.165, 1.54) is 0 Å². The van der Waals surface area contributed by atoms with E-state index in [1.54, 1.807) is 29.5 Å². The number of carbonyl (C=O) groups is 2. The summed E-state index contributed by atoms with van der Waals surface area (Å²) in [6.07, 6.45) is 1.75. The summed E-state index contributed by atoms with van der Waals surface area (Å²) in [6, 6.07) is 0. The third kappa shape index (κ3) is 4.49. The minimum atomic E-state index is -0.333. The number of rotatable bonds is 5. The van der Waals surface area contributed by atoms with Crippen LogP contribution in [0.15, 0.2) is 6.20 Å². The summed E-state index contributed by atoms with van der Waals surface area (Å²) in [5.74, 6) is -0.488. The Morgan fingerprint density at radius 3 is 2.82 bits per heavy atom. The topological polar surface area (TPSA) is 88.3 Å². The van der Waals surface area contributed by atoms with E-state index in [4.69, 9.17) is 5.73 Å². The van der Waals surface area contributed by atoms with Gasteiger partial charge >= 0.3 is 0 Å². The second-order valence-corrected chi connectivity index (χ2v) is 4.90. The molecule has 7 heteroatoms. The first-order chi connectivity index (χ1) is 8.02. The lowest BCUT2D eigenvalue weighted by molar-refractivity contribution is -0.131. The Labute approximate surface area is 104 Å². The van der Waals surface area contributed by atoms with Crippen LogP contribution in [-0.4, -0.2) is 41.8 Å². The Hall–Kier alpha value is -1.47. The molecule has 1 aromatic heterocycles. The molecule has 0 bridgehead atoms. The predicted molar refractivity (Wildman–Crippen MR) is 65.4 cm³/mol. The number of likely N-dealkylation sites (N-methyl/N-ethyl adjacent to an activating group) is 1. The number of aryl methyl sites for hydroxylation is 1. The average Bonchev–Trinajstić information content (AvgIpc) is 2.70. The monoisotopic (exact) mass is 256 g/mol. The van der Waals surface area contributed by atoms with Crippen LogP contribution in [0, 0.1) is 6.92 Å². The zero-order valence-corrected chi connectivity index (χ0v) is 10.7. The molecule has 1 heterocycles. The fraction of sp³-hybridized carbons (Fsp3) is 0.500. The predicted octanol–water partition coefficient (Wildman–Crippen LogP) is -0.515. The smallest absolute Gasteiger partial charge is 0.242 e. The van der Waals surface area contributed by atoms with Gasteiger partial charge in [-0.2, -0.15) is 0 Å². The Morgan fingerprint density at radius 2 is 2.29 bits per heavy atom. The summed E-state index contributed by atoms with van der Waals surface area (Å²) in [6.45, 7) is 2.29. The molecule has 0 aliphatic carbocycles. The van der Waals surface area contributed by atoms with Crippen LogP contribution in [-0.2, 0) is 16.1 Å². The highest BCUT2D eigenvalue weighted by molar-refractivity contribution is 7.11. The van der Waals surface area contributed by atoms with Crippen LogP contribution in [0.3, 0.4) is 0 Å². The van der Waals surface area contributed by atoms with Crippen LogP contribution in [0.2, 0.25) is 0 Å². The molecule has 6 nitrogen and oxygen atoms in total. The van der Waals surface area contributed by atoms with Crippen molar-refractivity contribution in [3.8, 4) is 0 Å². The van der Waals surface area contributed by atoms with E-state index in [-0.39, 0.29) is 24.9 Å². The highest BCUT2D eigenvalue weighted by Gasteiger charge is 2.11. The number of amides is 2. The molecule has 0 saturated heterocycles. The first kappa shape index (κ1) is 13.6. The number of carbonyl (C=O) groups excluding carboxylic acids is 2. The number of hydrogen-bond acceptors (Lipinski definition) is 5. The van der Waals surface area contributed by atoms with Gasteiger partial charge in [-0.3, -0.25) is 9.59 Å². The molecule has 0 aromatic carbocycles. The maximum atomic E-state index is 11.6. The summed E-state index contributed by atoms with van der Waals surface area (Å²) < 4.78 is 0. The molecule has 1 aromatic rings. The van der Waals surface area contributed by atoms with Gasteiger partial charge in [0.1, 0.15) is 0 Å². The van der Waals surface area contributed by atoms with Gasteiger partial charge in [-0.15, -0.1) is 11.3 Å². The van der Waals surface area contributed by atoms with Gasteiger partial charge in [0.05, 0.1) is 24.6 Å². The van der Waals surface area contributed by atoms with Gasteiger partial charge in [0, 0.05) is 18.1 Å². The van der Waals surface area contributed by atoms with Gasteiger partial charge in [-0.25, -0.2) is 4.98 Å². The SMILES string of the molecule is Cc1ncc(CN(C)C(=O)CNC(=O)CN)s1. The lowest BCUT2D eigenvalue weighted by atomic mass is 10.4. The molecule has 17 heavy (non-hydrogen) atoms. The normalized spacial score (nSPS) is 10.1. The lowest BCUT2D eigenvalue weighted by Gasteiger charge is -2.16. The zero-order valence-electron chi connectivity index (χ0n) is 9.90. The molecule has 0 spiro atoms. The van der Waals surface area contributed by atoms with Gasteiger partial charge in [0.2, 0.25) is 11.8 Å². The highest BCUT2D eigenvalue weighted by Crippen LogP contribution is 2.13. The average molecular weight is 256 g/mol. The molecule has 0 radical (unpaired) electrons. The molecule has 1 rings (SSSR count). The summed E-state index contributed by atoms with van der Waals surface area (Å²) in [5, 5.41) is 3.41. The van der Waals surface area contributed by atoms with E-state index in [0.29, 0.717) is 6.54 Å². The van der Waals surface area contributed by atoms with E-state index >= 15 is 0 Å². The van der Waals surface area contributed by atoms with E-state index in [9.17, 15) is 9.59 Å². The molecule has 0 saturated carbocycles. The summed E-state index contributed by atoms with van der Waals surface area (Å²) in [4.78, 5) is 29.2. The Bertz CT molecular complexity index is 405. The Morgan fingerprint density at radius 1 is 1.59 bits per heavy atom. The molecule has 0 aliphatic rings. The van der Waals surface area contributed by atoms with Crippen LogP contribution in [0.4, 0.5) is 0 Å². The van der Waals surface area contributed by atoms with Crippen molar-refractivity contribution in [1.82, 2.24) is 15.2 Å². The number of hydrogen-bond donors (Lipinski definition) is 2. The van der Waals surface area contributed by atoms with Gasteiger partial charge in [0.25, 0.3) is 0 Å². The molecule has 2 amide bonds. The van der Waals surface area contributed by atoms with Gasteiger partial charge in [0.15, 0.2) is 0 Å². The summed E-state index contributed by atoms with van der Waals surface area (Å²) in [5.41, 5.74) is 5.12. The minimum Gasteiger partial charge on any atom is -0.346 e. The number of aromatic nitrogens is 1. The summed E-state index contributed by atoms with van der Waals surface area (Å²) >= 11 is 1.55. The fourth-order valence-corrected chi connectivity index (χ4v) is 2.03. The first-order valence-corrected chi connectivity index (χ1v) is 5.96. The molecule has 0 fully saturated rings. The molecule has 0 atom stereocenters. The molecule has 0 unspecified atom stereocenters. The van der Waals surface area contributed by atoms with Crippen molar-refractivity contribution in [2.75, 3.05) is 20.1 Å². The Balaban J connectivity index is 2.39.